The van der Waals surface area contributed by atoms with Gasteiger partial charge in [0.1, 0.15) is 0 Å². The molecule has 1 saturated carbocycles. The zero-order valence-corrected chi connectivity index (χ0v) is 8.75. The highest BCUT2D eigenvalue weighted by atomic mass is 16.2. The molecule has 1 amide bonds. The van der Waals surface area contributed by atoms with E-state index in [0.29, 0.717) is 12.6 Å². The van der Waals surface area contributed by atoms with Gasteiger partial charge < -0.3 is 10.2 Å². The van der Waals surface area contributed by atoms with E-state index < -0.39 is 0 Å². The number of carbonyl (C=O) groups is 1. The molecule has 0 atom stereocenters. The molecular weight excluding hydrogens is 176 g/mol. The van der Waals surface area contributed by atoms with Gasteiger partial charge in [-0.25, -0.2) is 0 Å². The van der Waals surface area contributed by atoms with Crippen molar-refractivity contribution in [3.8, 4) is 12.3 Å². The lowest BCUT2D eigenvalue weighted by Gasteiger charge is -2.16. The van der Waals surface area contributed by atoms with Crippen LogP contribution in [0.1, 0.15) is 25.7 Å². The zero-order chi connectivity index (χ0) is 10.4. The Morgan fingerprint density at radius 2 is 2.36 bits per heavy atom. The van der Waals surface area contributed by atoms with Crippen LogP contribution in [-0.2, 0) is 4.79 Å². The Morgan fingerprint density at radius 3 is 2.93 bits per heavy atom. The van der Waals surface area contributed by atoms with Crippen molar-refractivity contribution in [2.45, 2.75) is 31.7 Å². The second kappa shape index (κ2) is 5.66. The molecule has 0 radical (unpaired) electrons. The first kappa shape index (κ1) is 11.1. The van der Waals surface area contributed by atoms with E-state index in [1.807, 2.05) is 11.9 Å². The van der Waals surface area contributed by atoms with Gasteiger partial charge in [-0.2, -0.15) is 0 Å². The predicted octanol–water partition coefficient (Wildman–Crippen LogP) is 0.610. The smallest absolute Gasteiger partial charge is 0.236 e. The maximum Gasteiger partial charge on any atom is 0.236 e. The second-order valence-electron chi connectivity index (χ2n) is 3.72. The van der Waals surface area contributed by atoms with E-state index in [0.717, 1.165) is 19.4 Å². The molecule has 1 rings (SSSR count). The van der Waals surface area contributed by atoms with Gasteiger partial charge in [0.2, 0.25) is 5.91 Å². The number of likely N-dealkylation sites (N-methyl/N-ethyl adjacent to an activating group) is 1. The summed E-state index contributed by atoms with van der Waals surface area (Å²) in [7, 11) is 1.88. The fourth-order valence-electron chi connectivity index (χ4n) is 1.30. The molecular formula is C11H18N2O. The molecule has 14 heavy (non-hydrogen) atoms. The monoisotopic (exact) mass is 194 g/mol. The van der Waals surface area contributed by atoms with E-state index in [4.69, 9.17) is 6.42 Å². The Labute approximate surface area is 85.9 Å². The molecule has 0 heterocycles. The third-order valence-electron chi connectivity index (χ3n) is 2.44. The van der Waals surface area contributed by atoms with E-state index in [-0.39, 0.29) is 5.91 Å². The Morgan fingerprint density at radius 1 is 1.64 bits per heavy atom. The van der Waals surface area contributed by atoms with Crippen LogP contribution in [0.4, 0.5) is 0 Å². The third-order valence-corrected chi connectivity index (χ3v) is 2.44. The average Bonchev–Trinajstić information content (AvgIpc) is 2.99. The summed E-state index contributed by atoms with van der Waals surface area (Å²) in [5.74, 6) is 2.76. The van der Waals surface area contributed by atoms with Crippen LogP contribution in [0.3, 0.4) is 0 Å². The molecule has 3 nitrogen and oxygen atoms in total. The van der Waals surface area contributed by atoms with E-state index in [2.05, 4.69) is 11.2 Å². The number of rotatable bonds is 6. The predicted molar refractivity (Wildman–Crippen MR) is 56.7 cm³/mol. The molecule has 1 aliphatic rings. The van der Waals surface area contributed by atoms with Crippen molar-refractivity contribution in [1.29, 1.82) is 0 Å². The number of hydrogen-bond donors (Lipinski definition) is 1. The van der Waals surface area contributed by atoms with Gasteiger partial charge >= 0.3 is 0 Å². The summed E-state index contributed by atoms with van der Waals surface area (Å²) in [6.07, 6.45) is 9.16. The average molecular weight is 194 g/mol. The molecule has 0 aromatic heterocycles. The topological polar surface area (TPSA) is 32.3 Å². The van der Waals surface area contributed by atoms with Crippen molar-refractivity contribution in [3.05, 3.63) is 0 Å². The van der Waals surface area contributed by atoms with E-state index in [1.165, 1.54) is 12.8 Å². The lowest BCUT2D eigenvalue weighted by atomic mass is 10.3. The Kier molecular flexibility index (Phi) is 4.48. The molecule has 3 heteroatoms. The minimum Gasteiger partial charge on any atom is -0.342 e. The summed E-state index contributed by atoms with van der Waals surface area (Å²) in [6, 6.07) is 0.509. The summed E-state index contributed by atoms with van der Waals surface area (Å²) in [4.78, 5) is 13.3. The van der Waals surface area contributed by atoms with Crippen LogP contribution < -0.4 is 5.32 Å². The van der Waals surface area contributed by atoms with Gasteiger partial charge in [0.25, 0.3) is 0 Å². The molecule has 78 valence electrons. The van der Waals surface area contributed by atoms with Crippen molar-refractivity contribution in [2.24, 2.45) is 0 Å². The first-order valence-corrected chi connectivity index (χ1v) is 5.15. The Bertz CT molecular complexity index is 228. The standard InChI is InChI=1S/C11H18N2O/c1-3-4-5-8-12-9-11(14)13(2)10-6-7-10/h1,10,12H,4-9H2,2H3. The molecule has 1 aliphatic carbocycles. The molecule has 0 aliphatic heterocycles. The highest BCUT2D eigenvalue weighted by Crippen LogP contribution is 2.24. The number of carbonyl (C=O) groups excluding carboxylic acids is 1. The van der Waals surface area contributed by atoms with Gasteiger partial charge in [-0.15, -0.1) is 12.3 Å². The quantitative estimate of drug-likeness (QED) is 0.496. The van der Waals surface area contributed by atoms with Gasteiger partial charge in [-0.1, -0.05) is 0 Å². The van der Waals surface area contributed by atoms with Crippen molar-refractivity contribution >= 4 is 5.91 Å². The van der Waals surface area contributed by atoms with Crippen LogP contribution >= 0.6 is 0 Å². The van der Waals surface area contributed by atoms with Gasteiger partial charge in [0.05, 0.1) is 6.54 Å². The summed E-state index contributed by atoms with van der Waals surface area (Å²) < 4.78 is 0. The molecule has 0 spiro atoms. The lowest BCUT2D eigenvalue weighted by Crippen LogP contribution is -2.37. The van der Waals surface area contributed by atoms with Crippen molar-refractivity contribution in [3.63, 3.8) is 0 Å². The number of amides is 1. The fraction of sp³-hybridized carbons (Fsp3) is 0.727. The van der Waals surface area contributed by atoms with Gasteiger partial charge in [0.15, 0.2) is 0 Å². The first-order chi connectivity index (χ1) is 6.75. The second-order valence-corrected chi connectivity index (χ2v) is 3.72. The normalized spacial score (nSPS) is 14.9. The van der Waals surface area contributed by atoms with Gasteiger partial charge in [-0.05, 0) is 25.8 Å². The Balaban J connectivity index is 2.00. The SMILES string of the molecule is C#CCCCNCC(=O)N(C)C1CC1. The van der Waals surface area contributed by atoms with Crippen molar-refractivity contribution in [2.75, 3.05) is 20.1 Å². The fourth-order valence-corrected chi connectivity index (χ4v) is 1.30. The van der Waals surface area contributed by atoms with Crippen LogP contribution in [0.5, 0.6) is 0 Å². The van der Waals surface area contributed by atoms with Crippen LogP contribution in [0.25, 0.3) is 0 Å². The highest BCUT2D eigenvalue weighted by Gasteiger charge is 2.28. The molecule has 0 aromatic rings. The van der Waals surface area contributed by atoms with Gasteiger partial charge in [0, 0.05) is 19.5 Å². The minimum atomic E-state index is 0.188. The zero-order valence-electron chi connectivity index (χ0n) is 8.75. The molecule has 1 N–H and O–H groups in total. The molecule has 0 aromatic carbocycles. The maximum atomic E-state index is 11.5. The number of unbranched alkanes of at least 4 members (excludes halogenated alkanes) is 1. The van der Waals surface area contributed by atoms with Crippen LogP contribution in [-0.4, -0.2) is 37.0 Å². The summed E-state index contributed by atoms with van der Waals surface area (Å²) in [6.45, 7) is 1.27. The highest BCUT2D eigenvalue weighted by molar-refractivity contribution is 5.78. The van der Waals surface area contributed by atoms with E-state index >= 15 is 0 Å². The number of nitrogens with zero attached hydrogens (tertiary/aromatic N) is 1. The third kappa shape index (κ3) is 3.80. The number of hydrogen-bond acceptors (Lipinski definition) is 2. The summed E-state index contributed by atoms with van der Waals surface area (Å²) in [5.41, 5.74) is 0. The van der Waals surface area contributed by atoms with Crippen LogP contribution in [0.15, 0.2) is 0 Å². The molecule has 0 saturated heterocycles. The van der Waals surface area contributed by atoms with Crippen LogP contribution in [0, 0.1) is 12.3 Å². The first-order valence-electron chi connectivity index (χ1n) is 5.15. The van der Waals surface area contributed by atoms with Crippen molar-refractivity contribution < 1.29 is 4.79 Å². The summed E-state index contributed by atoms with van der Waals surface area (Å²) in [5, 5.41) is 3.10. The van der Waals surface area contributed by atoms with Crippen molar-refractivity contribution in [1.82, 2.24) is 10.2 Å². The minimum absolute atomic E-state index is 0.188. The van der Waals surface area contributed by atoms with Crippen LogP contribution in [0.2, 0.25) is 0 Å². The molecule has 0 unspecified atom stereocenters. The maximum absolute atomic E-state index is 11.5. The number of nitrogens with one attached hydrogen (secondary N) is 1. The largest absolute Gasteiger partial charge is 0.342 e. The van der Waals surface area contributed by atoms with E-state index in [1.54, 1.807) is 0 Å². The summed E-state index contributed by atoms with van der Waals surface area (Å²) >= 11 is 0. The Hall–Kier alpha value is -1.01. The molecule has 0 bridgehead atoms. The lowest BCUT2D eigenvalue weighted by molar-refractivity contribution is -0.129. The van der Waals surface area contributed by atoms with Gasteiger partial charge in [-0.3, -0.25) is 4.79 Å². The molecule has 1 fully saturated rings. The van der Waals surface area contributed by atoms with E-state index in [9.17, 15) is 4.79 Å². The number of terminal acetylenes is 1.